The lowest BCUT2D eigenvalue weighted by Crippen LogP contribution is -2.10. The summed E-state index contributed by atoms with van der Waals surface area (Å²) in [5.74, 6) is 2.79. The molecule has 0 radical (unpaired) electrons. The van der Waals surface area contributed by atoms with Crippen molar-refractivity contribution in [3.05, 3.63) is 53.3 Å². The van der Waals surface area contributed by atoms with Crippen LogP contribution in [0.15, 0.2) is 34.9 Å². The summed E-state index contributed by atoms with van der Waals surface area (Å²) in [6, 6.07) is 10.1. The number of hydrogen-bond acceptors (Lipinski definition) is 6. The fraction of sp³-hybridized carbons (Fsp3) is 0.478. The monoisotopic (exact) mass is 394 g/mol. The van der Waals surface area contributed by atoms with Crippen LogP contribution in [0, 0.1) is 0 Å². The lowest BCUT2D eigenvalue weighted by atomic mass is 9.87. The van der Waals surface area contributed by atoms with E-state index in [9.17, 15) is 0 Å². The molecule has 0 aliphatic rings. The largest absolute Gasteiger partial charge is 0.467 e. The minimum atomic E-state index is 0.107. The summed E-state index contributed by atoms with van der Waals surface area (Å²) in [4.78, 5) is 13.6. The average molecular weight is 395 g/mol. The molecule has 0 aliphatic heterocycles. The molecule has 3 aromatic rings. The zero-order chi connectivity index (χ0) is 21.2. The SMILES string of the molecule is CC(C)c1cc(OCc2nc(-c3ccc(C(C)(C)C)cc3)no2)nc(C(C)C)n1. The third-order valence-corrected chi connectivity index (χ3v) is 4.67. The van der Waals surface area contributed by atoms with Crippen LogP contribution in [0.3, 0.4) is 0 Å². The van der Waals surface area contributed by atoms with E-state index in [1.54, 1.807) is 0 Å². The van der Waals surface area contributed by atoms with Crippen molar-refractivity contribution in [2.75, 3.05) is 0 Å². The summed E-state index contributed by atoms with van der Waals surface area (Å²) < 4.78 is 11.2. The van der Waals surface area contributed by atoms with Crippen LogP contribution in [0.25, 0.3) is 11.4 Å². The predicted molar refractivity (Wildman–Crippen MR) is 113 cm³/mol. The highest BCUT2D eigenvalue weighted by Gasteiger charge is 2.16. The predicted octanol–water partition coefficient (Wildman–Crippen LogP) is 5.65. The number of aromatic nitrogens is 4. The molecule has 0 N–H and O–H groups in total. The highest BCUT2D eigenvalue weighted by atomic mass is 16.5. The molecule has 29 heavy (non-hydrogen) atoms. The number of rotatable bonds is 6. The van der Waals surface area contributed by atoms with Crippen molar-refractivity contribution in [3.8, 4) is 17.3 Å². The van der Waals surface area contributed by atoms with Gasteiger partial charge < -0.3 is 9.26 Å². The van der Waals surface area contributed by atoms with Crippen LogP contribution in [0.1, 0.15) is 83.3 Å². The summed E-state index contributed by atoms with van der Waals surface area (Å²) in [5, 5.41) is 4.08. The van der Waals surface area contributed by atoms with Crippen LogP contribution in [0.2, 0.25) is 0 Å². The molecule has 6 heteroatoms. The second-order valence-electron chi connectivity index (χ2n) is 8.93. The van der Waals surface area contributed by atoms with Crippen LogP contribution in [0.4, 0.5) is 0 Å². The van der Waals surface area contributed by atoms with Crippen LogP contribution in [0.5, 0.6) is 5.88 Å². The van der Waals surface area contributed by atoms with Gasteiger partial charge in [0.1, 0.15) is 5.82 Å². The standard InChI is InChI=1S/C23H30N4O2/c1-14(2)18-12-19(25-21(24-18)15(3)4)28-13-20-26-22(27-29-20)16-8-10-17(11-9-16)23(5,6)7/h8-12,14-15H,13H2,1-7H3. The third-order valence-electron chi connectivity index (χ3n) is 4.67. The van der Waals surface area contributed by atoms with Gasteiger partial charge in [-0.2, -0.15) is 9.97 Å². The Kier molecular flexibility index (Phi) is 6.01. The first-order chi connectivity index (χ1) is 13.6. The smallest absolute Gasteiger partial charge is 0.264 e. The Balaban J connectivity index is 1.72. The second-order valence-corrected chi connectivity index (χ2v) is 8.93. The fourth-order valence-corrected chi connectivity index (χ4v) is 2.77. The van der Waals surface area contributed by atoms with Crippen molar-refractivity contribution in [2.24, 2.45) is 0 Å². The number of benzene rings is 1. The first kappa shape index (κ1) is 21.0. The number of nitrogens with zero attached hydrogens (tertiary/aromatic N) is 4. The molecule has 0 fully saturated rings. The molecule has 0 aliphatic carbocycles. The van der Waals surface area contributed by atoms with E-state index in [0.29, 0.717) is 23.5 Å². The first-order valence-corrected chi connectivity index (χ1v) is 10.1. The molecule has 3 rings (SSSR count). The van der Waals surface area contributed by atoms with Crippen molar-refractivity contribution in [1.29, 1.82) is 0 Å². The lowest BCUT2D eigenvalue weighted by molar-refractivity contribution is 0.234. The number of hydrogen-bond donors (Lipinski definition) is 0. The molecule has 0 unspecified atom stereocenters. The van der Waals surface area contributed by atoms with Gasteiger partial charge in [0.2, 0.25) is 11.7 Å². The Morgan fingerprint density at radius 2 is 1.62 bits per heavy atom. The van der Waals surface area contributed by atoms with E-state index in [0.717, 1.165) is 17.1 Å². The molecule has 0 amide bonds. The van der Waals surface area contributed by atoms with Crippen LogP contribution < -0.4 is 4.74 Å². The normalized spacial score (nSPS) is 12.0. The summed E-state index contributed by atoms with van der Waals surface area (Å²) in [5.41, 5.74) is 3.25. The molecule has 1 aromatic carbocycles. The second kappa shape index (κ2) is 8.31. The Hall–Kier alpha value is -2.76. The van der Waals surface area contributed by atoms with E-state index >= 15 is 0 Å². The third kappa shape index (κ3) is 5.19. The van der Waals surface area contributed by atoms with Crippen molar-refractivity contribution in [1.82, 2.24) is 20.1 Å². The topological polar surface area (TPSA) is 73.9 Å². The van der Waals surface area contributed by atoms with E-state index in [1.807, 2.05) is 18.2 Å². The Labute approximate surface area is 172 Å². The van der Waals surface area contributed by atoms with Gasteiger partial charge in [0.05, 0.1) is 5.69 Å². The molecule has 0 atom stereocenters. The molecule has 2 aromatic heterocycles. The van der Waals surface area contributed by atoms with Gasteiger partial charge in [-0.15, -0.1) is 0 Å². The van der Waals surface area contributed by atoms with Crippen molar-refractivity contribution in [2.45, 2.75) is 72.3 Å². The molecular formula is C23H30N4O2. The van der Waals surface area contributed by atoms with E-state index in [1.165, 1.54) is 5.56 Å². The Morgan fingerprint density at radius 1 is 0.931 bits per heavy atom. The molecule has 154 valence electrons. The van der Waals surface area contributed by atoms with Gasteiger partial charge in [-0.3, -0.25) is 0 Å². The maximum atomic E-state index is 5.84. The van der Waals surface area contributed by atoms with Crippen LogP contribution >= 0.6 is 0 Å². The van der Waals surface area contributed by atoms with E-state index in [-0.39, 0.29) is 17.9 Å². The average Bonchev–Trinajstić information content (AvgIpc) is 3.14. The minimum absolute atomic E-state index is 0.107. The maximum absolute atomic E-state index is 5.84. The van der Waals surface area contributed by atoms with Crippen molar-refractivity contribution >= 4 is 0 Å². The molecular weight excluding hydrogens is 364 g/mol. The summed E-state index contributed by atoms with van der Waals surface area (Å²) in [6.45, 7) is 15.1. The molecule has 0 saturated carbocycles. The summed E-state index contributed by atoms with van der Waals surface area (Å²) >= 11 is 0. The van der Waals surface area contributed by atoms with Gasteiger partial charge in [0.25, 0.3) is 5.89 Å². The van der Waals surface area contributed by atoms with Gasteiger partial charge in [0, 0.05) is 17.5 Å². The van der Waals surface area contributed by atoms with Gasteiger partial charge in [-0.05, 0) is 16.9 Å². The van der Waals surface area contributed by atoms with Crippen molar-refractivity contribution < 1.29 is 9.26 Å². The van der Waals surface area contributed by atoms with E-state index in [2.05, 4.69) is 80.7 Å². The highest BCUT2D eigenvalue weighted by molar-refractivity contribution is 5.55. The summed E-state index contributed by atoms with van der Waals surface area (Å²) in [6.07, 6.45) is 0. The van der Waals surface area contributed by atoms with Crippen LogP contribution in [-0.2, 0) is 12.0 Å². The fourth-order valence-electron chi connectivity index (χ4n) is 2.77. The van der Waals surface area contributed by atoms with E-state index < -0.39 is 0 Å². The maximum Gasteiger partial charge on any atom is 0.264 e. The van der Waals surface area contributed by atoms with Gasteiger partial charge in [-0.1, -0.05) is 77.9 Å². The minimum Gasteiger partial charge on any atom is -0.467 e. The van der Waals surface area contributed by atoms with Gasteiger partial charge in [0.15, 0.2) is 6.61 Å². The van der Waals surface area contributed by atoms with E-state index in [4.69, 9.17) is 9.26 Å². The van der Waals surface area contributed by atoms with Crippen LogP contribution in [-0.4, -0.2) is 20.1 Å². The quantitative estimate of drug-likeness (QED) is 0.538. The highest BCUT2D eigenvalue weighted by Crippen LogP contribution is 2.25. The van der Waals surface area contributed by atoms with Gasteiger partial charge in [-0.25, -0.2) is 4.98 Å². The molecule has 6 nitrogen and oxygen atoms in total. The molecule has 0 spiro atoms. The number of ether oxygens (including phenoxy) is 1. The first-order valence-electron chi connectivity index (χ1n) is 10.1. The zero-order valence-electron chi connectivity index (χ0n) is 18.4. The molecule has 0 saturated heterocycles. The zero-order valence-corrected chi connectivity index (χ0v) is 18.4. The summed E-state index contributed by atoms with van der Waals surface area (Å²) in [7, 11) is 0. The Bertz CT molecular complexity index is 928. The molecule has 0 bridgehead atoms. The van der Waals surface area contributed by atoms with Crippen molar-refractivity contribution in [3.63, 3.8) is 0 Å². The lowest BCUT2D eigenvalue weighted by Gasteiger charge is -2.18. The molecule has 2 heterocycles. The van der Waals surface area contributed by atoms with Gasteiger partial charge >= 0.3 is 0 Å². The Morgan fingerprint density at radius 3 is 2.21 bits per heavy atom.